The van der Waals surface area contributed by atoms with Crippen LogP contribution in [0.15, 0.2) is 36.7 Å². The molecule has 7 nitrogen and oxygen atoms in total. The Bertz CT molecular complexity index is 749. The van der Waals surface area contributed by atoms with Gasteiger partial charge in [0, 0.05) is 37.9 Å². The molecular formula is C20H28N6O. The predicted molar refractivity (Wildman–Crippen MR) is 104 cm³/mol. The van der Waals surface area contributed by atoms with Gasteiger partial charge < -0.3 is 5.32 Å². The summed E-state index contributed by atoms with van der Waals surface area (Å²) >= 11 is 0. The number of carbonyl (C=O) groups excluding carboxylic acids is 1. The summed E-state index contributed by atoms with van der Waals surface area (Å²) in [6.45, 7) is 4.99. The van der Waals surface area contributed by atoms with Crippen LogP contribution in [0.2, 0.25) is 0 Å². The van der Waals surface area contributed by atoms with Gasteiger partial charge in [-0.05, 0) is 50.7 Å². The Kier molecular flexibility index (Phi) is 5.38. The number of likely N-dealkylation sites (tertiary alicyclic amines) is 1. The van der Waals surface area contributed by atoms with Crippen molar-refractivity contribution < 1.29 is 4.79 Å². The molecule has 2 N–H and O–H groups in total. The van der Waals surface area contributed by atoms with Crippen LogP contribution in [0.3, 0.4) is 0 Å². The summed E-state index contributed by atoms with van der Waals surface area (Å²) in [4.78, 5) is 19.2. The molecule has 2 aliphatic rings. The summed E-state index contributed by atoms with van der Waals surface area (Å²) < 4.78 is 1.94. The van der Waals surface area contributed by atoms with Crippen LogP contribution in [-0.2, 0) is 6.54 Å². The van der Waals surface area contributed by atoms with Crippen molar-refractivity contribution in [3.8, 4) is 0 Å². The summed E-state index contributed by atoms with van der Waals surface area (Å²) in [6, 6.07) is 8.30. The van der Waals surface area contributed by atoms with Crippen molar-refractivity contribution in [2.45, 2.75) is 51.2 Å². The number of urea groups is 1. The van der Waals surface area contributed by atoms with Crippen molar-refractivity contribution in [3.63, 3.8) is 0 Å². The number of carbonyl (C=O) groups is 1. The SMILES string of the molecule is C[C@@H](C1CC1)n1nccc1NC(=O)NC1CCN(Cc2ccccn2)CC1. The molecular weight excluding hydrogens is 340 g/mol. The van der Waals surface area contributed by atoms with Gasteiger partial charge >= 0.3 is 6.03 Å². The largest absolute Gasteiger partial charge is 0.335 e. The Morgan fingerprint density at radius 1 is 1.19 bits per heavy atom. The molecule has 0 unspecified atom stereocenters. The molecule has 0 radical (unpaired) electrons. The van der Waals surface area contributed by atoms with E-state index in [0.717, 1.165) is 44.0 Å². The third-order valence-corrected chi connectivity index (χ3v) is 5.64. The summed E-state index contributed by atoms with van der Waals surface area (Å²) in [7, 11) is 0. The summed E-state index contributed by atoms with van der Waals surface area (Å²) in [6.07, 6.45) is 8.01. The lowest BCUT2D eigenvalue weighted by Crippen LogP contribution is -2.45. The van der Waals surface area contributed by atoms with Gasteiger partial charge in [-0.15, -0.1) is 0 Å². The molecule has 2 aromatic rings. The number of hydrogen-bond acceptors (Lipinski definition) is 4. The normalized spacial score (nSPS) is 19.6. The van der Waals surface area contributed by atoms with Crippen LogP contribution in [0.25, 0.3) is 0 Å². The van der Waals surface area contributed by atoms with Gasteiger partial charge in [0.15, 0.2) is 0 Å². The van der Waals surface area contributed by atoms with Gasteiger partial charge in [0.2, 0.25) is 0 Å². The van der Waals surface area contributed by atoms with E-state index in [0.29, 0.717) is 12.0 Å². The van der Waals surface area contributed by atoms with E-state index in [-0.39, 0.29) is 12.1 Å². The van der Waals surface area contributed by atoms with Crippen LogP contribution in [0.5, 0.6) is 0 Å². The fraction of sp³-hybridized carbons (Fsp3) is 0.550. The standard InChI is InChI=1S/C20H28N6O/c1-15(16-5-6-16)26-19(7-11-22-26)24-20(27)23-17-8-12-25(13-9-17)14-18-4-2-3-10-21-18/h2-4,7,10-11,15-17H,5-6,8-9,12-14H2,1H3,(H2,23,24,27)/t15-/m0/s1. The molecule has 1 atom stereocenters. The predicted octanol–water partition coefficient (Wildman–Crippen LogP) is 3.04. The zero-order valence-corrected chi connectivity index (χ0v) is 15.8. The molecule has 0 spiro atoms. The maximum atomic E-state index is 12.4. The Hall–Kier alpha value is -2.41. The maximum absolute atomic E-state index is 12.4. The van der Waals surface area contributed by atoms with Gasteiger partial charge in [-0.1, -0.05) is 6.07 Å². The fourth-order valence-electron chi connectivity index (χ4n) is 3.81. The topological polar surface area (TPSA) is 75.1 Å². The van der Waals surface area contributed by atoms with Crippen molar-refractivity contribution in [3.05, 3.63) is 42.4 Å². The van der Waals surface area contributed by atoms with Crippen molar-refractivity contribution in [1.29, 1.82) is 0 Å². The number of rotatable bonds is 6. The Balaban J connectivity index is 1.23. The second-order valence-corrected chi connectivity index (χ2v) is 7.71. The lowest BCUT2D eigenvalue weighted by Gasteiger charge is -2.32. The molecule has 2 amide bonds. The highest BCUT2D eigenvalue weighted by atomic mass is 16.2. The zero-order valence-electron chi connectivity index (χ0n) is 15.8. The van der Waals surface area contributed by atoms with E-state index in [9.17, 15) is 4.79 Å². The summed E-state index contributed by atoms with van der Waals surface area (Å²) in [5.41, 5.74) is 1.10. The molecule has 1 aliphatic carbocycles. The number of amides is 2. The van der Waals surface area contributed by atoms with E-state index in [1.807, 2.05) is 29.1 Å². The van der Waals surface area contributed by atoms with Gasteiger partial charge in [0.25, 0.3) is 0 Å². The second-order valence-electron chi connectivity index (χ2n) is 7.71. The minimum Gasteiger partial charge on any atom is -0.335 e. The highest BCUT2D eigenvalue weighted by molar-refractivity contribution is 5.88. The molecule has 144 valence electrons. The maximum Gasteiger partial charge on any atom is 0.320 e. The van der Waals surface area contributed by atoms with E-state index in [2.05, 4.69) is 38.6 Å². The Morgan fingerprint density at radius 3 is 2.70 bits per heavy atom. The quantitative estimate of drug-likeness (QED) is 0.822. The molecule has 1 saturated carbocycles. The molecule has 3 heterocycles. The van der Waals surface area contributed by atoms with Crippen molar-refractivity contribution in [1.82, 2.24) is 25.0 Å². The monoisotopic (exact) mass is 368 g/mol. The van der Waals surface area contributed by atoms with E-state index in [1.54, 1.807) is 6.20 Å². The van der Waals surface area contributed by atoms with Gasteiger partial charge in [0.05, 0.1) is 17.9 Å². The molecule has 0 aromatic carbocycles. The van der Waals surface area contributed by atoms with Gasteiger partial charge in [-0.2, -0.15) is 5.10 Å². The van der Waals surface area contributed by atoms with Crippen LogP contribution in [0, 0.1) is 5.92 Å². The fourth-order valence-corrected chi connectivity index (χ4v) is 3.81. The second kappa shape index (κ2) is 8.08. The Morgan fingerprint density at radius 2 is 2.00 bits per heavy atom. The van der Waals surface area contributed by atoms with E-state index in [4.69, 9.17) is 0 Å². The molecule has 4 rings (SSSR count). The molecule has 2 fully saturated rings. The Labute approximate surface area is 160 Å². The van der Waals surface area contributed by atoms with Crippen LogP contribution in [0.1, 0.15) is 44.3 Å². The lowest BCUT2D eigenvalue weighted by molar-refractivity contribution is 0.188. The van der Waals surface area contributed by atoms with Crippen LogP contribution in [-0.4, -0.2) is 44.8 Å². The van der Waals surface area contributed by atoms with Crippen molar-refractivity contribution >= 4 is 11.8 Å². The third kappa shape index (κ3) is 4.66. The van der Waals surface area contributed by atoms with Crippen LogP contribution in [0.4, 0.5) is 10.6 Å². The van der Waals surface area contributed by atoms with Crippen LogP contribution >= 0.6 is 0 Å². The zero-order chi connectivity index (χ0) is 18.6. The number of nitrogens with zero attached hydrogens (tertiary/aromatic N) is 4. The first-order valence-corrected chi connectivity index (χ1v) is 9.92. The molecule has 2 aromatic heterocycles. The summed E-state index contributed by atoms with van der Waals surface area (Å²) in [5.74, 6) is 1.47. The van der Waals surface area contributed by atoms with Crippen molar-refractivity contribution in [2.75, 3.05) is 18.4 Å². The average molecular weight is 368 g/mol. The van der Waals surface area contributed by atoms with Gasteiger partial charge in [0.1, 0.15) is 5.82 Å². The molecule has 7 heteroatoms. The highest BCUT2D eigenvalue weighted by Crippen LogP contribution is 2.40. The number of pyridine rings is 1. The molecule has 0 bridgehead atoms. The first kappa shape index (κ1) is 18.0. The van der Waals surface area contributed by atoms with E-state index >= 15 is 0 Å². The minimum atomic E-state index is -0.136. The molecule has 1 saturated heterocycles. The number of aromatic nitrogens is 3. The lowest BCUT2D eigenvalue weighted by atomic mass is 10.1. The number of anilines is 1. The number of piperidine rings is 1. The highest BCUT2D eigenvalue weighted by Gasteiger charge is 2.31. The first-order valence-electron chi connectivity index (χ1n) is 9.92. The summed E-state index contributed by atoms with van der Waals surface area (Å²) in [5, 5.41) is 10.5. The van der Waals surface area contributed by atoms with Gasteiger partial charge in [-0.25, -0.2) is 9.48 Å². The van der Waals surface area contributed by atoms with Gasteiger partial charge in [-0.3, -0.25) is 15.2 Å². The third-order valence-electron chi connectivity index (χ3n) is 5.64. The van der Waals surface area contributed by atoms with E-state index in [1.165, 1.54) is 12.8 Å². The van der Waals surface area contributed by atoms with Crippen LogP contribution < -0.4 is 10.6 Å². The number of nitrogens with one attached hydrogen (secondary N) is 2. The number of hydrogen-bond donors (Lipinski definition) is 2. The van der Waals surface area contributed by atoms with E-state index < -0.39 is 0 Å². The minimum absolute atomic E-state index is 0.136. The molecule has 27 heavy (non-hydrogen) atoms. The first-order chi connectivity index (χ1) is 13.2. The molecule has 1 aliphatic heterocycles. The average Bonchev–Trinajstić information content (AvgIpc) is 3.43. The smallest absolute Gasteiger partial charge is 0.320 e. The van der Waals surface area contributed by atoms with Crippen molar-refractivity contribution in [2.24, 2.45) is 5.92 Å².